The summed E-state index contributed by atoms with van der Waals surface area (Å²) in [5.74, 6) is 1.84. The molecule has 2 aliphatic heterocycles. The van der Waals surface area contributed by atoms with Crippen molar-refractivity contribution in [2.24, 2.45) is 11.8 Å². The van der Waals surface area contributed by atoms with E-state index in [-0.39, 0.29) is 23.7 Å². The molecule has 1 amide bonds. The summed E-state index contributed by atoms with van der Waals surface area (Å²) in [7, 11) is 3.34. The summed E-state index contributed by atoms with van der Waals surface area (Å²) in [6.07, 6.45) is 3.24. The van der Waals surface area contributed by atoms with Crippen LogP contribution in [0.4, 0.5) is 0 Å². The van der Waals surface area contributed by atoms with Crippen molar-refractivity contribution in [3.8, 4) is 11.5 Å². The molecule has 7 heteroatoms. The largest absolute Gasteiger partial charge is 0.497 e. The van der Waals surface area contributed by atoms with Gasteiger partial charge in [-0.3, -0.25) is 9.59 Å². The number of methoxy groups -OCH3 is 2. The maximum atomic E-state index is 13.0. The first-order chi connectivity index (χ1) is 14.5. The van der Waals surface area contributed by atoms with E-state index in [0.29, 0.717) is 32.5 Å². The van der Waals surface area contributed by atoms with E-state index in [1.807, 2.05) is 24.0 Å². The number of rotatable bonds is 7. The summed E-state index contributed by atoms with van der Waals surface area (Å²) in [4.78, 5) is 28.3. The highest BCUT2D eigenvalue weighted by atomic mass is 16.5. The number of hydrogen-bond donors (Lipinski definition) is 1. The maximum Gasteiger partial charge on any atom is 0.309 e. The number of piperidine rings is 2. The third-order valence-corrected chi connectivity index (χ3v) is 6.40. The Hall–Kier alpha value is -2.28. The molecule has 0 radical (unpaired) electrons. The number of amides is 1. The topological polar surface area (TPSA) is 69.5 Å². The van der Waals surface area contributed by atoms with Crippen LogP contribution in [0.2, 0.25) is 0 Å². The minimum absolute atomic E-state index is 0.0558. The molecule has 3 rings (SSSR count). The summed E-state index contributed by atoms with van der Waals surface area (Å²) >= 11 is 0. The summed E-state index contributed by atoms with van der Waals surface area (Å²) < 4.78 is 15.9. The second-order valence-electron chi connectivity index (χ2n) is 8.23. The first-order valence-electron chi connectivity index (χ1n) is 11.1. The second-order valence-corrected chi connectivity index (χ2v) is 8.23. The van der Waals surface area contributed by atoms with Gasteiger partial charge in [-0.05, 0) is 31.9 Å². The van der Waals surface area contributed by atoms with Crippen LogP contribution in [0.5, 0.6) is 11.5 Å². The van der Waals surface area contributed by atoms with E-state index >= 15 is 0 Å². The Kier molecular flexibility index (Phi) is 7.96. The molecule has 2 fully saturated rings. The molecule has 2 aliphatic rings. The van der Waals surface area contributed by atoms with Gasteiger partial charge in [-0.1, -0.05) is 0 Å². The fourth-order valence-corrected chi connectivity index (χ4v) is 4.57. The van der Waals surface area contributed by atoms with Crippen LogP contribution >= 0.6 is 0 Å². The summed E-state index contributed by atoms with van der Waals surface area (Å²) in [6, 6.07) is 5.95. The van der Waals surface area contributed by atoms with E-state index in [1.165, 1.54) is 10.5 Å². The van der Waals surface area contributed by atoms with Crippen LogP contribution in [0.25, 0.3) is 0 Å². The van der Waals surface area contributed by atoms with Crippen molar-refractivity contribution in [1.82, 2.24) is 4.90 Å². The van der Waals surface area contributed by atoms with Crippen molar-refractivity contribution in [2.75, 3.05) is 47.0 Å². The third kappa shape index (κ3) is 5.45. The highest BCUT2D eigenvalue weighted by Gasteiger charge is 2.34. The molecule has 0 aliphatic carbocycles. The van der Waals surface area contributed by atoms with Crippen LogP contribution in [0.1, 0.15) is 38.2 Å². The van der Waals surface area contributed by atoms with Crippen molar-refractivity contribution in [3.63, 3.8) is 0 Å². The van der Waals surface area contributed by atoms with Crippen LogP contribution in [-0.2, 0) is 20.9 Å². The minimum atomic E-state index is -0.115. The number of nitrogens with one attached hydrogen (secondary N) is 1. The normalized spacial score (nSPS) is 22.4. The van der Waals surface area contributed by atoms with Crippen LogP contribution in [0.3, 0.4) is 0 Å². The Balaban J connectivity index is 1.47. The SMILES string of the molecule is CCOC(=O)C1CCN(C(=O)C2CC[NH+](Cc3ccc(OC)cc3OC)CC2)CC1. The number of nitrogens with zero attached hydrogens (tertiary/aromatic N) is 1. The third-order valence-electron chi connectivity index (χ3n) is 6.40. The molecule has 2 saturated heterocycles. The van der Waals surface area contributed by atoms with Gasteiger partial charge in [0.15, 0.2) is 0 Å². The maximum absolute atomic E-state index is 13.0. The quantitative estimate of drug-likeness (QED) is 0.675. The van der Waals surface area contributed by atoms with Gasteiger partial charge in [0, 0.05) is 43.5 Å². The van der Waals surface area contributed by atoms with E-state index in [0.717, 1.165) is 44.0 Å². The molecule has 166 valence electrons. The van der Waals surface area contributed by atoms with E-state index in [1.54, 1.807) is 14.2 Å². The predicted octanol–water partition coefficient (Wildman–Crippen LogP) is 1.30. The average Bonchev–Trinajstić information content (AvgIpc) is 2.79. The zero-order valence-electron chi connectivity index (χ0n) is 18.4. The van der Waals surface area contributed by atoms with Gasteiger partial charge in [-0.25, -0.2) is 0 Å². The molecule has 0 aromatic heterocycles. The van der Waals surface area contributed by atoms with Crippen molar-refractivity contribution >= 4 is 11.9 Å². The lowest BCUT2D eigenvalue weighted by Gasteiger charge is -2.35. The molecular weight excluding hydrogens is 384 g/mol. The molecule has 7 nitrogen and oxygen atoms in total. The monoisotopic (exact) mass is 419 g/mol. The van der Waals surface area contributed by atoms with Gasteiger partial charge < -0.3 is 24.0 Å². The highest BCUT2D eigenvalue weighted by molar-refractivity contribution is 5.79. The average molecular weight is 420 g/mol. The van der Waals surface area contributed by atoms with Crippen molar-refractivity contribution < 1.29 is 28.7 Å². The fourth-order valence-electron chi connectivity index (χ4n) is 4.57. The first kappa shape index (κ1) is 22.4. The van der Waals surface area contributed by atoms with Crippen molar-refractivity contribution in [1.29, 1.82) is 0 Å². The van der Waals surface area contributed by atoms with Crippen LogP contribution in [0.15, 0.2) is 18.2 Å². The minimum Gasteiger partial charge on any atom is -0.497 e. The Morgan fingerprint density at radius 1 is 1.03 bits per heavy atom. The van der Waals surface area contributed by atoms with Crippen molar-refractivity contribution in [3.05, 3.63) is 23.8 Å². The molecular formula is C23H35N2O5+. The van der Waals surface area contributed by atoms with Crippen LogP contribution in [0, 0.1) is 11.8 Å². The number of esters is 1. The molecule has 0 atom stereocenters. The lowest BCUT2D eigenvalue weighted by Crippen LogP contribution is -3.11. The van der Waals surface area contributed by atoms with E-state index < -0.39 is 0 Å². The zero-order chi connectivity index (χ0) is 21.5. The number of carbonyl (C=O) groups excluding carboxylic acids is 2. The Morgan fingerprint density at radius 2 is 1.73 bits per heavy atom. The molecule has 0 bridgehead atoms. The van der Waals surface area contributed by atoms with Gasteiger partial charge in [0.05, 0.1) is 39.8 Å². The predicted molar refractivity (Wildman–Crippen MR) is 113 cm³/mol. The van der Waals surface area contributed by atoms with E-state index in [2.05, 4.69) is 6.07 Å². The number of benzene rings is 1. The number of quaternary nitrogens is 1. The summed E-state index contributed by atoms with van der Waals surface area (Å²) in [6.45, 7) is 6.42. The number of hydrogen-bond acceptors (Lipinski definition) is 5. The van der Waals surface area contributed by atoms with Gasteiger partial charge in [0.2, 0.25) is 5.91 Å². The Bertz CT molecular complexity index is 722. The van der Waals surface area contributed by atoms with E-state index in [9.17, 15) is 9.59 Å². The second kappa shape index (κ2) is 10.7. The fraction of sp³-hybridized carbons (Fsp3) is 0.652. The van der Waals surface area contributed by atoms with Crippen LogP contribution in [-0.4, -0.2) is 63.8 Å². The van der Waals surface area contributed by atoms with E-state index in [4.69, 9.17) is 14.2 Å². The van der Waals surface area contributed by atoms with Crippen LogP contribution < -0.4 is 14.4 Å². The zero-order valence-corrected chi connectivity index (χ0v) is 18.4. The molecule has 0 unspecified atom stereocenters. The molecule has 30 heavy (non-hydrogen) atoms. The smallest absolute Gasteiger partial charge is 0.309 e. The molecule has 2 heterocycles. The van der Waals surface area contributed by atoms with Crippen molar-refractivity contribution in [2.45, 2.75) is 39.2 Å². The van der Waals surface area contributed by atoms with Gasteiger partial charge in [-0.15, -0.1) is 0 Å². The number of likely N-dealkylation sites (tertiary alicyclic amines) is 2. The molecule has 1 N–H and O–H groups in total. The molecule has 1 aromatic carbocycles. The van der Waals surface area contributed by atoms with Gasteiger partial charge in [0.1, 0.15) is 18.0 Å². The summed E-state index contributed by atoms with van der Waals surface area (Å²) in [5, 5.41) is 0. The van der Waals surface area contributed by atoms with Gasteiger partial charge in [0.25, 0.3) is 0 Å². The lowest BCUT2D eigenvalue weighted by atomic mass is 9.92. The lowest BCUT2D eigenvalue weighted by molar-refractivity contribution is -0.919. The molecule has 0 spiro atoms. The Labute approximate surface area is 179 Å². The molecule has 0 saturated carbocycles. The van der Waals surface area contributed by atoms with Gasteiger partial charge >= 0.3 is 5.97 Å². The van der Waals surface area contributed by atoms with Gasteiger partial charge in [-0.2, -0.15) is 0 Å². The number of carbonyl (C=O) groups is 2. The highest BCUT2D eigenvalue weighted by Crippen LogP contribution is 2.25. The first-order valence-corrected chi connectivity index (χ1v) is 11.1. The standard InChI is InChI=1S/C23H34N2O5/c1-4-30-23(27)18-9-13-25(14-10-18)22(26)17-7-11-24(12-8-17)16-19-5-6-20(28-2)15-21(19)29-3/h5-6,15,17-18H,4,7-14,16H2,1-3H3/p+1. The Morgan fingerprint density at radius 3 is 2.33 bits per heavy atom. The summed E-state index contributed by atoms with van der Waals surface area (Å²) in [5.41, 5.74) is 1.17. The molecule has 1 aromatic rings. The number of ether oxygens (including phenoxy) is 3.